The molecule has 2 aromatic rings. The van der Waals surface area contributed by atoms with Crippen molar-refractivity contribution < 1.29 is 48.2 Å². The molecule has 1 spiro atoms. The standard InChI is InChI=1S/C43H64O10/c1-27-17-29(19-31(35(27)46)39(3,4)5)13-14-33(44)49-22-42(11,12)38-52-25-43(26-53-38)23-50-37(51-24-43)41(9,10)16-15-34(45)48-21-30-18-28(2)36(47)32(20-30)40(6,7)8/h17-20,37-38,46-47H,13-16,21-26H2,1-12H3. The molecule has 296 valence electrons. The summed E-state index contributed by atoms with van der Waals surface area (Å²) in [5, 5.41) is 21.0. The van der Waals surface area contributed by atoms with Gasteiger partial charge in [-0.3, -0.25) is 9.59 Å². The van der Waals surface area contributed by atoms with E-state index in [4.69, 9.17) is 28.4 Å². The fourth-order valence-electron chi connectivity index (χ4n) is 6.77. The number of aromatic hydroxyl groups is 2. The number of aryl methyl sites for hydroxylation is 3. The molecule has 2 aliphatic rings. The molecular weight excluding hydrogens is 676 g/mol. The smallest absolute Gasteiger partial charge is 0.306 e. The van der Waals surface area contributed by atoms with Gasteiger partial charge in [0.25, 0.3) is 0 Å². The Labute approximate surface area is 316 Å². The maximum absolute atomic E-state index is 12.8. The Balaban J connectivity index is 1.19. The van der Waals surface area contributed by atoms with Crippen molar-refractivity contribution in [3.8, 4) is 11.5 Å². The van der Waals surface area contributed by atoms with Gasteiger partial charge in [-0.05, 0) is 83.0 Å². The third-order valence-electron chi connectivity index (χ3n) is 10.4. The van der Waals surface area contributed by atoms with Crippen molar-refractivity contribution in [3.05, 3.63) is 57.6 Å². The van der Waals surface area contributed by atoms with Gasteiger partial charge >= 0.3 is 11.9 Å². The first-order valence-corrected chi connectivity index (χ1v) is 18.9. The molecule has 0 amide bonds. The average molecular weight is 741 g/mol. The van der Waals surface area contributed by atoms with E-state index < -0.39 is 28.8 Å². The predicted octanol–water partition coefficient (Wildman–Crippen LogP) is 8.09. The van der Waals surface area contributed by atoms with Gasteiger partial charge in [0, 0.05) is 23.7 Å². The molecule has 2 fully saturated rings. The van der Waals surface area contributed by atoms with Crippen molar-refractivity contribution in [2.45, 2.75) is 139 Å². The van der Waals surface area contributed by atoms with Gasteiger partial charge in [-0.1, -0.05) is 81.4 Å². The number of phenols is 2. The largest absolute Gasteiger partial charge is 0.507 e. The third-order valence-corrected chi connectivity index (χ3v) is 10.4. The number of rotatable bonds is 12. The van der Waals surface area contributed by atoms with Crippen LogP contribution < -0.4 is 0 Å². The summed E-state index contributed by atoms with van der Waals surface area (Å²) in [4.78, 5) is 25.5. The lowest BCUT2D eigenvalue weighted by Gasteiger charge is -2.48. The van der Waals surface area contributed by atoms with Crippen LogP contribution in [-0.2, 0) is 61.9 Å². The van der Waals surface area contributed by atoms with Crippen LogP contribution in [0.4, 0.5) is 0 Å². The summed E-state index contributed by atoms with van der Waals surface area (Å²) in [5.41, 5.74) is 3.13. The summed E-state index contributed by atoms with van der Waals surface area (Å²) < 4.78 is 36.2. The third kappa shape index (κ3) is 11.0. The molecule has 53 heavy (non-hydrogen) atoms. The summed E-state index contributed by atoms with van der Waals surface area (Å²) in [5.74, 6) is -0.0190. The molecule has 10 nitrogen and oxygen atoms in total. The van der Waals surface area contributed by atoms with Crippen LogP contribution >= 0.6 is 0 Å². The Bertz CT molecular complexity index is 1470. The zero-order chi connectivity index (χ0) is 39.6. The zero-order valence-corrected chi connectivity index (χ0v) is 34.2. The molecular formula is C43H64O10. The van der Waals surface area contributed by atoms with E-state index in [9.17, 15) is 19.8 Å². The minimum atomic E-state index is -0.586. The first kappa shape index (κ1) is 42.6. The van der Waals surface area contributed by atoms with Crippen molar-refractivity contribution in [3.63, 3.8) is 0 Å². The fourth-order valence-corrected chi connectivity index (χ4v) is 6.77. The van der Waals surface area contributed by atoms with Crippen LogP contribution in [0.25, 0.3) is 0 Å². The molecule has 0 aromatic heterocycles. The number of phenolic OH excluding ortho intramolecular Hbond substituents is 2. The first-order valence-electron chi connectivity index (χ1n) is 18.9. The molecule has 0 bridgehead atoms. The number of carbonyl (C=O) groups is 2. The van der Waals surface area contributed by atoms with Gasteiger partial charge in [0.2, 0.25) is 0 Å². The lowest BCUT2D eigenvalue weighted by atomic mass is 9.83. The van der Waals surface area contributed by atoms with Crippen molar-refractivity contribution in [1.29, 1.82) is 0 Å². The molecule has 0 atom stereocenters. The van der Waals surface area contributed by atoms with Crippen molar-refractivity contribution >= 4 is 11.9 Å². The Hall–Kier alpha value is -3.18. The summed E-state index contributed by atoms with van der Waals surface area (Å²) in [6.45, 7) is 25.8. The Morgan fingerprint density at radius 1 is 0.660 bits per heavy atom. The van der Waals surface area contributed by atoms with E-state index in [1.165, 1.54) is 0 Å². The number of benzene rings is 2. The highest BCUT2D eigenvalue weighted by Gasteiger charge is 2.48. The van der Waals surface area contributed by atoms with Gasteiger partial charge in [0.05, 0.1) is 31.8 Å². The van der Waals surface area contributed by atoms with Gasteiger partial charge in [-0.2, -0.15) is 0 Å². The molecule has 4 rings (SSSR count). The van der Waals surface area contributed by atoms with E-state index >= 15 is 0 Å². The number of ether oxygens (including phenoxy) is 6. The molecule has 2 N–H and O–H groups in total. The first-order chi connectivity index (χ1) is 24.4. The van der Waals surface area contributed by atoms with Crippen molar-refractivity contribution in [2.24, 2.45) is 16.2 Å². The highest BCUT2D eigenvalue weighted by atomic mass is 16.7. The lowest BCUT2D eigenvalue weighted by Crippen LogP contribution is -2.56. The maximum atomic E-state index is 12.8. The van der Waals surface area contributed by atoms with Crippen LogP contribution in [0.15, 0.2) is 24.3 Å². The van der Waals surface area contributed by atoms with E-state index in [1.54, 1.807) is 0 Å². The summed E-state index contributed by atoms with van der Waals surface area (Å²) >= 11 is 0. The van der Waals surface area contributed by atoms with Gasteiger partial charge in [0.15, 0.2) is 12.6 Å². The van der Waals surface area contributed by atoms with Gasteiger partial charge in [0.1, 0.15) is 24.7 Å². The highest BCUT2D eigenvalue weighted by molar-refractivity contribution is 5.70. The summed E-state index contributed by atoms with van der Waals surface area (Å²) in [7, 11) is 0. The molecule has 10 heteroatoms. The normalized spacial score (nSPS) is 21.4. The van der Waals surface area contributed by atoms with Gasteiger partial charge in [-0.15, -0.1) is 0 Å². The summed E-state index contributed by atoms with van der Waals surface area (Å²) in [6.07, 6.45) is 0.399. The highest BCUT2D eigenvalue weighted by Crippen LogP contribution is 2.41. The fraction of sp³-hybridized carbons (Fsp3) is 0.674. The number of hydrogen-bond acceptors (Lipinski definition) is 10. The van der Waals surface area contributed by atoms with E-state index in [0.717, 1.165) is 33.4 Å². The molecule has 2 heterocycles. The van der Waals surface area contributed by atoms with Crippen LogP contribution in [0.1, 0.15) is 122 Å². The summed E-state index contributed by atoms with van der Waals surface area (Å²) in [6, 6.07) is 7.65. The van der Waals surface area contributed by atoms with E-state index in [2.05, 4.69) is 20.8 Å². The molecule has 0 aliphatic carbocycles. The number of carbonyl (C=O) groups excluding carboxylic acids is 2. The second kappa shape index (κ2) is 16.3. The maximum Gasteiger partial charge on any atom is 0.306 e. The van der Waals surface area contributed by atoms with Crippen molar-refractivity contribution in [1.82, 2.24) is 0 Å². The lowest BCUT2D eigenvalue weighted by molar-refractivity contribution is -0.336. The minimum Gasteiger partial charge on any atom is -0.507 e. The van der Waals surface area contributed by atoms with Crippen molar-refractivity contribution in [2.75, 3.05) is 33.0 Å². The van der Waals surface area contributed by atoms with Crippen LogP contribution in [-0.4, -0.2) is 67.8 Å². The van der Waals surface area contributed by atoms with E-state index in [-0.39, 0.29) is 54.6 Å². The molecule has 2 aromatic carbocycles. The predicted molar refractivity (Wildman–Crippen MR) is 203 cm³/mol. The monoisotopic (exact) mass is 740 g/mol. The molecule has 2 saturated heterocycles. The zero-order valence-electron chi connectivity index (χ0n) is 34.2. The SMILES string of the molecule is Cc1cc(CCC(=O)OCC(C)(C)C2OCC3(COC(C(C)(C)CCC(=O)OCc4cc(C)c(O)c(C(C)(C)C)c4)OC3)CO2)cc(C(C)(C)C)c1O. The van der Waals surface area contributed by atoms with E-state index in [1.807, 2.05) is 86.6 Å². The molecule has 0 saturated carbocycles. The van der Waals surface area contributed by atoms with E-state index in [0.29, 0.717) is 45.0 Å². The number of esters is 2. The second-order valence-corrected chi connectivity index (χ2v) is 18.8. The Kier molecular flexibility index (Phi) is 13.1. The quantitative estimate of drug-likeness (QED) is 0.206. The van der Waals surface area contributed by atoms with Gasteiger partial charge < -0.3 is 38.6 Å². The molecule has 2 aliphatic heterocycles. The van der Waals surface area contributed by atoms with Crippen LogP contribution in [0.3, 0.4) is 0 Å². The average Bonchev–Trinajstić information content (AvgIpc) is 3.06. The van der Waals surface area contributed by atoms with Crippen LogP contribution in [0.5, 0.6) is 11.5 Å². The second-order valence-electron chi connectivity index (χ2n) is 18.8. The molecule has 0 unspecified atom stereocenters. The topological polar surface area (TPSA) is 130 Å². The van der Waals surface area contributed by atoms with Crippen LogP contribution in [0, 0.1) is 30.1 Å². The minimum absolute atomic E-state index is 0.141. The van der Waals surface area contributed by atoms with Gasteiger partial charge in [-0.25, -0.2) is 0 Å². The molecule has 0 radical (unpaired) electrons. The Morgan fingerprint density at radius 3 is 1.58 bits per heavy atom. The van der Waals surface area contributed by atoms with Crippen LogP contribution in [0.2, 0.25) is 0 Å². The Morgan fingerprint density at radius 2 is 1.09 bits per heavy atom. The number of hydrogen-bond donors (Lipinski definition) is 2.